The van der Waals surface area contributed by atoms with E-state index in [-0.39, 0.29) is 5.91 Å². The first-order valence-electron chi connectivity index (χ1n) is 8.84. The fourth-order valence-electron chi connectivity index (χ4n) is 3.45. The van der Waals surface area contributed by atoms with E-state index in [1.807, 2.05) is 0 Å². The number of carbonyl (C=O) groups excluding carboxylic acids is 1. The molecule has 7 heteroatoms. The van der Waals surface area contributed by atoms with Gasteiger partial charge in [0, 0.05) is 19.7 Å². The summed E-state index contributed by atoms with van der Waals surface area (Å²) < 4.78 is 30.7. The lowest BCUT2D eigenvalue weighted by atomic mass is 9.98. The Morgan fingerprint density at radius 1 is 1.13 bits per heavy atom. The molecule has 1 aliphatic heterocycles. The predicted molar refractivity (Wildman–Crippen MR) is 89.6 cm³/mol. The van der Waals surface area contributed by atoms with Crippen LogP contribution in [-0.4, -0.2) is 56.7 Å². The SMILES string of the molecule is CS(=O)(=O)N1CCCCC1C(=O)NCCCOC1CCCCC1. The van der Waals surface area contributed by atoms with Crippen molar-refractivity contribution in [2.75, 3.05) is 26.0 Å². The van der Waals surface area contributed by atoms with Crippen LogP contribution in [0.5, 0.6) is 0 Å². The van der Waals surface area contributed by atoms with Crippen LogP contribution >= 0.6 is 0 Å². The lowest BCUT2D eigenvalue weighted by Gasteiger charge is -2.32. The van der Waals surface area contributed by atoms with Gasteiger partial charge in [-0.15, -0.1) is 0 Å². The number of sulfonamides is 1. The maximum atomic E-state index is 12.3. The van der Waals surface area contributed by atoms with Crippen LogP contribution in [0.1, 0.15) is 57.8 Å². The highest BCUT2D eigenvalue weighted by atomic mass is 32.2. The molecule has 6 nitrogen and oxygen atoms in total. The van der Waals surface area contributed by atoms with Crippen LogP contribution in [0.2, 0.25) is 0 Å². The van der Waals surface area contributed by atoms with Crippen molar-refractivity contribution in [3.63, 3.8) is 0 Å². The third-order valence-electron chi connectivity index (χ3n) is 4.71. The second kappa shape index (κ2) is 8.99. The Balaban J connectivity index is 1.67. The average molecular weight is 346 g/mol. The molecule has 1 heterocycles. The van der Waals surface area contributed by atoms with Gasteiger partial charge in [-0.05, 0) is 32.1 Å². The van der Waals surface area contributed by atoms with E-state index in [1.54, 1.807) is 0 Å². The Kier molecular flexibility index (Phi) is 7.30. The summed E-state index contributed by atoms with van der Waals surface area (Å²) in [5, 5.41) is 2.87. The molecule has 1 saturated carbocycles. The molecule has 0 aromatic heterocycles. The van der Waals surface area contributed by atoms with Crippen molar-refractivity contribution in [3.8, 4) is 0 Å². The predicted octanol–water partition coefficient (Wildman–Crippen LogP) is 1.66. The number of ether oxygens (including phenoxy) is 1. The molecule has 2 fully saturated rings. The second-order valence-corrected chi connectivity index (χ2v) is 8.60. The van der Waals surface area contributed by atoms with Crippen molar-refractivity contribution < 1.29 is 17.9 Å². The van der Waals surface area contributed by atoms with Gasteiger partial charge in [-0.25, -0.2) is 8.42 Å². The minimum atomic E-state index is -3.32. The van der Waals surface area contributed by atoms with E-state index in [4.69, 9.17) is 4.74 Å². The first kappa shape index (κ1) is 18.7. The molecule has 1 atom stereocenters. The number of amides is 1. The van der Waals surface area contributed by atoms with Crippen LogP contribution in [-0.2, 0) is 19.6 Å². The van der Waals surface area contributed by atoms with Crippen molar-refractivity contribution in [1.29, 1.82) is 0 Å². The maximum Gasteiger partial charge on any atom is 0.238 e. The van der Waals surface area contributed by atoms with Gasteiger partial charge in [-0.2, -0.15) is 4.31 Å². The lowest BCUT2D eigenvalue weighted by molar-refractivity contribution is -0.125. The van der Waals surface area contributed by atoms with Gasteiger partial charge in [0.25, 0.3) is 0 Å². The Hall–Kier alpha value is -0.660. The van der Waals surface area contributed by atoms with Crippen LogP contribution in [0.15, 0.2) is 0 Å². The zero-order valence-corrected chi connectivity index (χ0v) is 14.9. The second-order valence-electron chi connectivity index (χ2n) is 6.66. The van der Waals surface area contributed by atoms with E-state index < -0.39 is 16.1 Å². The molecule has 1 unspecified atom stereocenters. The fourth-order valence-corrected chi connectivity index (χ4v) is 4.57. The average Bonchev–Trinajstić information content (AvgIpc) is 2.54. The molecule has 1 N–H and O–H groups in total. The number of nitrogens with zero attached hydrogens (tertiary/aromatic N) is 1. The van der Waals surface area contributed by atoms with E-state index in [1.165, 1.54) is 29.8 Å². The number of nitrogens with one attached hydrogen (secondary N) is 1. The molecule has 1 saturated heterocycles. The fraction of sp³-hybridized carbons (Fsp3) is 0.938. The molecule has 0 spiro atoms. The van der Waals surface area contributed by atoms with Gasteiger partial charge in [0.15, 0.2) is 0 Å². The monoisotopic (exact) mass is 346 g/mol. The van der Waals surface area contributed by atoms with E-state index in [2.05, 4.69) is 5.32 Å². The number of hydrogen-bond donors (Lipinski definition) is 1. The normalized spacial score (nSPS) is 24.5. The summed E-state index contributed by atoms with van der Waals surface area (Å²) in [6.07, 6.45) is 10.8. The van der Waals surface area contributed by atoms with Crippen LogP contribution in [0.3, 0.4) is 0 Å². The molecular formula is C16H30N2O4S. The molecule has 0 aromatic carbocycles. The molecule has 2 aliphatic rings. The largest absolute Gasteiger partial charge is 0.378 e. The number of piperidine rings is 1. The van der Waals surface area contributed by atoms with Crippen molar-refractivity contribution >= 4 is 15.9 Å². The summed E-state index contributed by atoms with van der Waals surface area (Å²) in [6, 6.07) is -0.544. The topological polar surface area (TPSA) is 75.7 Å². The van der Waals surface area contributed by atoms with Gasteiger partial charge >= 0.3 is 0 Å². The zero-order valence-electron chi connectivity index (χ0n) is 14.1. The minimum Gasteiger partial charge on any atom is -0.378 e. The summed E-state index contributed by atoms with van der Waals surface area (Å²) in [5.41, 5.74) is 0. The summed E-state index contributed by atoms with van der Waals surface area (Å²) >= 11 is 0. The highest BCUT2D eigenvalue weighted by Crippen LogP contribution is 2.21. The lowest BCUT2D eigenvalue weighted by Crippen LogP contribution is -2.51. The molecule has 1 amide bonds. The molecule has 0 bridgehead atoms. The Morgan fingerprint density at radius 2 is 1.83 bits per heavy atom. The number of carbonyl (C=O) groups is 1. The third kappa shape index (κ3) is 6.04. The number of rotatable bonds is 7. The molecule has 23 heavy (non-hydrogen) atoms. The van der Waals surface area contributed by atoms with Crippen LogP contribution in [0.25, 0.3) is 0 Å². The standard InChI is InChI=1S/C16H30N2O4S/c1-23(20,21)18-12-6-5-10-15(18)16(19)17-11-7-13-22-14-8-3-2-4-9-14/h14-15H,2-13H2,1H3,(H,17,19). The van der Waals surface area contributed by atoms with Gasteiger partial charge in [0.1, 0.15) is 6.04 Å². The van der Waals surface area contributed by atoms with Crippen molar-refractivity contribution in [2.24, 2.45) is 0 Å². The summed E-state index contributed by atoms with van der Waals surface area (Å²) in [4.78, 5) is 12.3. The maximum absolute atomic E-state index is 12.3. The summed E-state index contributed by atoms with van der Waals surface area (Å²) in [7, 11) is -3.32. The van der Waals surface area contributed by atoms with Gasteiger partial charge < -0.3 is 10.1 Å². The van der Waals surface area contributed by atoms with Gasteiger partial charge in [-0.1, -0.05) is 25.7 Å². The first-order chi connectivity index (χ1) is 11.0. The molecular weight excluding hydrogens is 316 g/mol. The molecule has 0 radical (unpaired) electrons. The molecule has 1 aliphatic carbocycles. The van der Waals surface area contributed by atoms with Gasteiger partial charge in [0.05, 0.1) is 12.4 Å². The number of hydrogen-bond acceptors (Lipinski definition) is 4. The quantitative estimate of drug-likeness (QED) is 0.711. The zero-order chi connectivity index (χ0) is 16.7. The van der Waals surface area contributed by atoms with Gasteiger partial charge in [0.2, 0.25) is 15.9 Å². The molecule has 134 valence electrons. The minimum absolute atomic E-state index is 0.173. The van der Waals surface area contributed by atoms with Crippen LogP contribution in [0, 0.1) is 0 Å². The van der Waals surface area contributed by atoms with E-state index in [0.29, 0.717) is 32.2 Å². The highest BCUT2D eigenvalue weighted by Gasteiger charge is 2.34. The Bertz CT molecular complexity index is 474. The van der Waals surface area contributed by atoms with Crippen LogP contribution in [0.4, 0.5) is 0 Å². The van der Waals surface area contributed by atoms with E-state index in [9.17, 15) is 13.2 Å². The summed E-state index contributed by atoms with van der Waals surface area (Å²) in [6.45, 7) is 1.65. The highest BCUT2D eigenvalue weighted by molar-refractivity contribution is 7.88. The van der Waals surface area contributed by atoms with Gasteiger partial charge in [-0.3, -0.25) is 4.79 Å². The van der Waals surface area contributed by atoms with Crippen molar-refractivity contribution in [1.82, 2.24) is 9.62 Å². The molecule has 0 aromatic rings. The van der Waals surface area contributed by atoms with Crippen molar-refractivity contribution in [2.45, 2.75) is 69.9 Å². The van der Waals surface area contributed by atoms with E-state index in [0.717, 1.165) is 32.1 Å². The molecule has 2 rings (SSSR count). The Labute approximate surface area is 140 Å². The Morgan fingerprint density at radius 3 is 2.52 bits per heavy atom. The van der Waals surface area contributed by atoms with Crippen LogP contribution < -0.4 is 5.32 Å². The van der Waals surface area contributed by atoms with Crippen molar-refractivity contribution in [3.05, 3.63) is 0 Å². The first-order valence-corrected chi connectivity index (χ1v) is 10.7. The van der Waals surface area contributed by atoms with E-state index >= 15 is 0 Å². The summed E-state index contributed by atoms with van der Waals surface area (Å²) in [5.74, 6) is -0.173. The smallest absolute Gasteiger partial charge is 0.238 e. The third-order valence-corrected chi connectivity index (χ3v) is 6.00.